The zero-order valence-corrected chi connectivity index (χ0v) is 14.0. The van der Waals surface area contributed by atoms with Crippen molar-refractivity contribution in [1.29, 1.82) is 0 Å². The zero-order valence-electron chi connectivity index (χ0n) is 11.6. The lowest BCUT2D eigenvalue weighted by atomic mass is 10.1. The van der Waals surface area contributed by atoms with Crippen molar-refractivity contribution in [3.63, 3.8) is 0 Å². The molecular weight excluding hydrogens is 346 g/mol. The molecule has 0 aliphatic rings. The van der Waals surface area contributed by atoms with Crippen LogP contribution in [0.4, 0.5) is 0 Å². The Hall–Kier alpha value is -1.30. The third kappa shape index (κ3) is 3.48. The van der Waals surface area contributed by atoms with Gasteiger partial charge in [0, 0.05) is 15.4 Å². The molecule has 5 heteroatoms. The summed E-state index contributed by atoms with van der Waals surface area (Å²) in [5.74, 6) is 0. The molecule has 1 aromatic heterocycles. The van der Waals surface area contributed by atoms with Crippen LogP contribution in [0.5, 0.6) is 0 Å². The summed E-state index contributed by atoms with van der Waals surface area (Å²) in [4.78, 5) is 9.06. The molecule has 21 heavy (non-hydrogen) atoms. The fraction of sp³-hybridized carbons (Fsp3) is 0.188. The highest BCUT2D eigenvalue weighted by molar-refractivity contribution is 9.10. The molecule has 3 rings (SSSR count). The minimum atomic E-state index is 0.162. The lowest BCUT2D eigenvalue weighted by molar-refractivity contribution is 0.735. The molecule has 108 valence electrons. The van der Waals surface area contributed by atoms with Crippen molar-refractivity contribution in [2.24, 2.45) is 5.73 Å². The van der Waals surface area contributed by atoms with Crippen LogP contribution in [0.3, 0.4) is 0 Å². The molecule has 1 unspecified atom stereocenters. The SMILES string of the molecule is CC(N)Cc1ccc(Sc2nc3ccccc3[nH]2)cc1Br. The summed E-state index contributed by atoms with van der Waals surface area (Å²) >= 11 is 5.25. The van der Waals surface area contributed by atoms with Crippen LogP contribution in [0.2, 0.25) is 0 Å². The Bertz CT molecular complexity index is 734. The number of para-hydroxylation sites is 2. The largest absolute Gasteiger partial charge is 0.333 e. The monoisotopic (exact) mass is 361 g/mol. The number of hydrogen-bond acceptors (Lipinski definition) is 3. The maximum Gasteiger partial charge on any atom is 0.171 e. The molecule has 3 N–H and O–H groups in total. The van der Waals surface area contributed by atoms with Gasteiger partial charge < -0.3 is 10.7 Å². The fourth-order valence-corrected chi connectivity index (χ4v) is 3.73. The molecule has 0 fully saturated rings. The van der Waals surface area contributed by atoms with Crippen molar-refractivity contribution in [3.05, 3.63) is 52.5 Å². The summed E-state index contributed by atoms with van der Waals surface area (Å²) < 4.78 is 1.10. The maximum atomic E-state index is 5.86. The molecule has 0 saturated heterocycles. The van der Waals surface area contributed by atoms with E-state index in [0.29, 0.717) is 0 Å². The lowest BCUT2D eigenvalue weighted by Crippen LogP contribution is -2.17. The van der Waals surface area contributed by atoms with E-state index in [9.17, 15) is 0 Å². The molecule has 0 spiro atoms. The number of aromatic amines is 1. The van der Waals surface area contributed by atoms with E-state index < -0.39 is 0 Å². The average molecular weight is 362 g/mol. The first kappa shape index (κ1) is 14.6. The smallest absolute Gasteiger partial charge is 0.171 e. The Balaban J connectivity index is 1.82. The Labute approximate surface area is 136 Å². The molecule has 0 radical (unpaired) electrons. The van der Waals surface area contributed by atoms with Gasteiger partial charge in [0.15, 0.2) is 5.16 Å². The Morgan fingerprint density at radius 3 is 2.81 bits per heavy atom. The summed E-state index contributed by atoms with van der Waals surface area (Å²) in [5, 5.41) is 0.906. The topological polar surface area (TPSA) is 54.7 Å². The molecule has 3 nitrogen and oxygen atoms in total. The third-order valence-corrected chi connectivity index (χ3v) is 4.76. The van der Waals surface area contributed by atoms with Gasteiger partial charge in [0.1, 0.15) is 0 Å². The molecule has 3 aromatic rings. The minimum absolute atomic E-state index is 0.162. The van der Waals surface area contributed by atoms with Crippen molar-refractivity contribution in [1.82, 2.24) is 9.97 Å². The van der Waals surface area contributed by atoms with E-state index in [1.54, 1.807) is 11.8 Å². The number of rotatable bonds is 4. The predicted octanol–water partition coefficient (Wildman–Crippen LogP) is 4.37. The van der Waals surface area contributed by atoms with Crippen molar-refractivity contribution >= 4 is 38.7 Å². The second kappa shape index (κ2) is 6.22. The van der Waals surface area contributed by atoms with Gasteiger partial charge in [-0.15, -0.1) is 0 Å². The first-order valence-electron chi connectivity index (χ1n) is 6.78. The molecule has 0 saturated carbocycles. The second-order valence-corrected chi connectivity index (χ2v) is 7.01. The van der Waals surface area contributed by atoms with Crippen LogP contribution >= 0.6 is 27.7 Å². The maximum absolute atomic E-state index is 5.86. The van der Waals surface area contributed by atoms with E-state index in [0.717, 1.165) is 32.0 Å². The van der Waals surface area contributed by atoms with Crippen LogP contribution in [0.1, 0.15) is 12.5 Å². The summed E-state index contributed by atoms with van der Waals surface area (Å²) in [5.41, 5.74) is 9.15. The number of nitrogens with zero attached hydrogens (tertiary/aromatic N) is 1. The van der Waals surface area contributed by atoms with Crippen molar-refractivity contribution in [2.45, 2.75) is 29.4 Å². The molecule has 1 atom stereocenters. The summed E-state index contributed by atoms with van der Waals surface area (Å²) in [7, 11) is 0. The van der Waals surface area contributed by atoms with Gasteiger partial charge in [0.25, 0.3) is 0 Å². The first-order chi connectivity index (χ1) is 10.1. The number of hydrogen-bond donors (Lipinski definition) is 2. The van der Waals surface area contributed by atoms with Crippen LogP contribution in [-0.4, -0.2) is 16.0 Å². The molecular formula is C16H16BrN3S. The van der Waals surface area contributed by atoms with Crippen LogP contribution in [0, 0.1) is 0 Å². The van der Waals surface area contributed by atoms with Gasteiger partial charge in [-0.3, -0.25) is 0 Å². The highest BCUT2D eigenvalue weighted by Gasteiger charge is 2.07. The standard InChI is InChI=1S/C16H16BrN3S/c1-10(18)8-11-6-7-12(9-13(11)17)21-16-19-14-4-2-3-5-15(14)20-16/h2-7,9-10H,8,18H2,1H3,(H,19,20). The van der Waals surface area contributed by atoms with Crippen LogP contribution < -0.4 is 5.73 Å². The molecule has 0 aliphatic heterocycles. The lowest BCUT2D eigenvalue weighted by Gasteiger charge is -2.08. The molecule has 1 heterocycles. The third-order valence-electron chi connectivity index (χ3n) is 3.15. The van der Waals surface area contributed by atoms with Gasteiger partial charge in [0.05, 0.1) is 11.0 Å². The van der Waals surface area contributed by atoms with E-state index in [2.05, 4.69) is 44.1 Å². The molecule has 0 amide bonds. The van der Waals surface area contributed by atoms with Crippen LogP contribution in [-0.2, 0) is 6.42 Å². The number of halogens is 1. The van der Waals surface area contributed by atoms with Gasteiger partial charge in [-0.05, 0) is 43.2 Å². The van der Waals surface area contributed by atoms with Crippen LogP contribution in [0.25, 0.3) is 11.0 Å². The number of aromatic nitrogens is 2. The normalized spacial score (nSPS) is 12.7. The Morgan fingerprint density at radius 1 is 1.29 bits per heavy atom. The molecule has 0 bridgehead atoms. The second-order valence-electron chi connectivity index (χ2n) is 5.10. The highest BCUT2D eigenvalue weighted by atomic mass is 79.9. The quantitative estimate of drug-likeness (QED) is 0.725. The van der Waals surface area contributed by atoms with E-state index in [1.165, 1.54) is 5.56 Å². The van der Waals surface area contributed by atoms with Gasteiger partial charge in [0.2, 0.25) is 0 Å². The number of nitrogens with one attached hydrogen (secondary N) is 1. The summed E-state index contributed by atoms with van der Waals surface area (Å²) in [6, 6.07) is 14.6. The first-order valence-corrected chi connectivity index (χ1v) is 8.39. The highest BCUT2D eigenvalue weighted by Crippen LogP contribution is 2.30. The van der Waals surface area contributed by atoms with Crippen molar-refractivity contribution in [2.75, 3.05) is 0 Å². The summed E-state index contributed by atoms with van der Waals surface area (Å²) in [6.45, 7) is 2.02. The van der Waals surface area contributed by atoms with Crippen LogP contribution in [0.15, 0.2) is 57.0 Å². The van der Waals surface area contributed by atoms with Gasteiger partial charge in [-0.25, -0.2) is 4.98 Å². The van der Waals surface area contributed by atoms with Gasteiger partial charge in [-0.1, -0.05) is 45.9 Å². The van der Waals surface area contributed by atoms with E-state index >= 15 is 0 Å². The molecule has 0 aliphatic carbocycles. The van der Waals surface area contributed by atoms with Crippen molar-refractivity contribution < 1.29 is 0 Å². The Kier molecular flexibility index (Phi) is 4.33. The summed E-state index contributed by atoms with van der Waals surface area (Å²) in [6.07, 6.45) is 0.871. The zero-order chi connectivity index (χ0) is 14.8. The number of fused-ring (bicyclic) bond motifs is 1. The molecule has 2 aromatic carbocycles. The van der Waals surface area contributed by atoms with Gasteiger partial charge in [-0.2, -0.15) is 0 Å². The van der Waals surface area contributed by atoms with E-state index in [4.69, 9.17) is 5.73 Å². The van der Waals surface area contributed by atoms with E-state index in [1.807, 2.05) is 31.2 Å². The number of imidazole rings is 1. The van der Waals surface area contributed by atoms with Gasteiger partial charge >= 0.3 is 0 Å². The predicted molar refractivity (Wildman–Crippen MR) is 91.7 cm³/mol. The Morgan fingerprint density at radius 2 is 2.10 bits per heavy atom. The van der Waals surface area contributed by atoms with E-state index in [-0.39, 0.29) is 6.04 Å². The van der Waals surface area contributed by atoms with Crippen molar-refractivity contribution in [3.8, 4) is 0 Å². The number of nitrogens with two attached hydrogens (primary N) is 1. The number of benzene rings is 2. The number of H-pyrrole nitrogens is 1. The average Bonchev–Trinajstić information content (AvgIpc) is 2.83. The fourth-order valence-electron chi connectivity index (χ4n) is 2.19. The minimum Gasteiger partial charge on any atom is -0.333 e.